The lowest BCUT2D eigenvalue weighted by Crippen LogP contribution is -2.49. The van der Waals surface area contributed by atoms with Crippen LogP contribution >= 0.6 is 0 Å². The average molecular weight is 325 g/mol. The van der Waals surface area contributed by atoms with Crippen molar-refractivity contribution in [2.45, 2.75) is 45.1 Å². The molecule has 0 spiro atoms. The van der Waals surface area contributed by atoms with E-state index in [9.17, 15) is 9.59 Å². The first kappa shape index (κ1) is 18.2. The van der Waals surface area contributed by atoms with Crippen LogP contribution in [0.5, 0.6) is 0 Å². The molecule has 0 aliphatic carbocycles. The fraction of sp³-hybridized carbons (Fsp3) is 0.882. The predicted molar refractivity (Wildman–Crippen MR) is 89.1 cm³/mol. The molecule has 2 aliphatic heterocycles. The smallest absolute Gasteiger partial charge is 0.248 e. The van der Waals surface area contributed by atoms with E-state index in [0.717, 1.165) is 45.6 Å². The summed E-state index contributed by atoms with van der Waals surface area (Å²) in [6.07, 6.45) is 5.59. The molecular weight excluding hydrogens is 294 g/mol. The summed E-state index contributed by atoms with van der Waals surface area (Å²) in [7, 11) is 1.55. The second kappa shape index (κ2) is 9.23. The third-order valence-electron chi connectivity index (χ3n) is 5.12. The molecule has 0 saturated carbocycles. The molecule has 2 aliphatic rings. The summed E-state index contributed by atoms with van der Waals surface area (Å²) in [4.78, 5) is 28.2. The molecule has 2 amide bonds. The Morgan fingerprint density at radius 2 is 1.78 bits per heavy atom. The maximum atomic E-state index is 12.3. The largest absolute Gasteiger partial charge is 0.375 e. The van der Waals surface area contributed by atoms with E-state index in [2.05, 4.69) is 10.2 Å². The Bertz CT molecular complexity index is 389. The third-order valence-corrected chi connectivity index (χ3v) is 5.12. The van der Waals surface area contributed by atoms with Gasteiger partial charge in [0.25, 0.3) is 0 Å². The van der Waals surface area contributed by atoms with Gasteiger partial charge in [-0.3, -0.25) is 14.5 Å². The van der Waals surface area contributed by atoms with E-state index in [1.54, 1.807) is 7.11 Å². The first-order valence-electron chi connectivity index (χ1n) is 8.90. The quantitative estimate of drug-likeness (QED) is 0.787. The summed E-state index contributed by atoms with van der Waals surface area (Å²) >= 11 is 0. The highest BCUT2D eigenvalue weighted by Crippen LogP contribution is 2.17. The van der Waals surface area contributed by atoms with Gasteiger partial charge < -0.3 is 15.0 Å². The minimum atomic E-state index is -0.0290. The van der Waals surface area contributed by atoms with Gasteiger partial charge in [0.15, 0.2) is 0 Å². The van der Waals surface area contributed by atoms with Gasteiger partial charge in [-0.05, 0) is 51.6 Å². The van der Waals surface area contributed by atoms with Crippen molar-refractivity contribution in [3.63, 3.8) is 0 Å². The summed E-state index contributed by atoms with van der Waals surface area (Å²) < 4.78 is 4.89. The molecule has 0 aromatic heterocycles. The van der Waals surface area contributed by atoms with E-state index in [0.29, 0.717) is 5.92 Å². The number of carbonyl (C=O) groups is 2. The summed E-state index contributed by atoms with van der Waals surface area (Å²) in [6.45, 7) is 6.50. The van der Waals surface area contributed by atoms with E-state index in [4.69, 9.17) is 4.74 Å². The summed E-state index contributed by atoms with van der Waals surface area (Å²) in [5.41, 5.74) is 0. The highest BCUT2D eigenvalue weighted by atomic mass is 16.5. The molecule has 23 heavy (non-hydrogen) atoms. The number of piperidine rings is 2. The molecule has 132 valence electrons. The monoisotopic (exact) mass is 325 g/mol. The van der Waals surface area contributed by atoms with Gasteiger partial charge in [-0.15, -0.1) is 0 Å². The predicted octanol–water partition coefficient (Wildman–Crippen LogP) is 0.862. The molecule has 2 rings (SSSR count). The van der Waals surface area contributed by atoms with E-state index < -0.39 is 0 Å². The van der Waals surface area contributed by atoms with E-state index in [-0.39, 0.29) is 24.5 Å². The number of methoxy groups -OCH3 is 1. The number of hydrogen-bond acceptors (Lipinski definition) is 4. The zero-order valence-corrected chi connectivity index (χ0v) is 14.6. The van der Waals surface area contributed by atoms with E-state index in [1.165, 1.54) is 19.3 Å². The molecule has 6 heteroatoms. The Labute approximate surface area is 139 Å². The van der Waals surface area contributed by atoms with Crippen molar-refractivity contribution in [3.05, 3.63) is 0 Å². The number of nitrogens with one attached hydrogen (secondary N) is 1. The molecule has 1 N–H and O–H groups in total. The highest BCUT2D eigenvalue weighted by molar-refractivity contribution is 5.81. The molecule has 2 heterocycles. The van der Waals surface area contributed by atoms with Gasteiger partial charge in [-0.2, -0.15) is 0 Å². The van der Waals surface area contributed by atoms with E-state index >= 15 is 0 Å². The van der Waals surface area contributed by atoms with Crippen molar-refractivity contribution in [1.82, 2.24) is 15.1 Å². The summed E-state index contributed by atoms with van der Waals surface area (Å²) in [5, 5.41) is 3.11. The zero-order chi connectivity index (χ0) is 16.7. The van der Waals surface area contributed by atoms with Gasteiger partial charge in [0, 0.05) is 26.7 Å². The van der Waals surface area contributed by atoms with Crippen LogP contribution in [0, 0.1) is 5.92 Å². The number of likely N-dealkylation sites (tertiary alicyclic amines) is 2. The Hall–Kier alpha value is -1.14. The molecule has 2 fully saturated rings. The van der Waals surface area contributed by atoms with Gasteiger partial charge in [-0.1, -0.05) is 6.42 Å². The maximum absolute atomic E-state index is 12.3. The van der Waals surface area contributed by atoms with Crippen molar-refractivity contribution in [2.24, 2.45) is 5.92 Å². The van der Waals surface area contributed by atoms with Crippen LogP contribution in [0.1, 0.15) is 39.0 Å². The topological polar surface area (TPSA) is 61.9 Å². The van der Waals surface area contributed by atoms with Crippen LogP contribution in [-0.2, 0) is 14.3 Å². The molecule has 1 atom stereocenters. The number of amides is 2. The lowest BCUT2D eigenvalue weighted by molar-refractivity contribution is -0.136. The number of carbonyl (C=O) groups excluding carboxylic acids is 2. The van der Waals surface area contributed by atoms with Gasteiger partial charge >= 0.3 is 0 Å². The minimum absolute atomic E-state index is 0.0290. The number of ether oxygens (including phenoxy) is 1. The molecule has 6 nitrogen and oxygen atoms in total. The number of rotatable bonds is 6. The van der Waals surface area contributed by atoms with Gasteiger partial charge in [-0.25, -0.2) is 0 Å². The van der Waals surface area contributed by atoms with Crippen LogP contribution in [-0.4, -0.2) is 74.1 Å². The third kappa shape index (κ3) is 5.46. The fourth-order valence-corrected chi connectivity index (χ4v) is 3.47. The zero-order valence-electron chi connectivity index (χ0n) is 14.6. The van der Waals surface area contributed by atoms with Crippen LogP contribution in [0.3, 0.4) is 0 Å². The van der Waals surface area contributed by atoms with Crippen molar-refractivity contribution in [1.29, 1.82) is 0 Å². The Morgan fingerprint density at radius 1 is 1.13 bits per heavy atom. The van der Waals surface area contributed by atoms with Crippen molar-refractivity contribution >= 4 is 11.8 Å². The number of nitrogens with zero attached hydrogens (tertiary/aromatic N) is 2. The second-order valence-electron chi connectivity index (χ2n) is 6.77. The molecule has 0 aromatic carbocycles. The highest BCUT2D eigenvalue weighted by Gasteiger charge is 2.25. The fourth-order valence-electron chi connectivity index (χ4n) is 3.47. The molecule has 0 radical (unpaired) electrons. The van der Waals surface area contributed by atoms with Crippen molar-refractivity contribution in [2.75, 3.05) is 46.4 Å². The normalized spacial score (nSPS) is 21.9. The summed E-state index contributed by atoms with van der Waals surface area (Å²) in [5.74, 6) is 0.678. The first-order valence-corrected chi connectivity index (χ1v) is 8.90. The van der Waals surface area contributed by atoms with Gasteiger partial charge in [0.1, 0.15) is 6.61 Å². The van der Waals surface area contributed by atoms with Crippen molar-refractivity contribution in [3.8, 4) is 0 Å². The lowest BCUT2D eigenvalue weighted by atomic mass is 9.96. The van der Waals surface area contributed by atoms with Crippen LogP contribution in [0.4, 0.5) is 0 Å². The standard InChI is InChI=1S/C17H31N3O3/c1-14(19-8-4-3-5-9-19)17(22)18-12-15-6-10-20(11-7-15)16(21)13-23-2/h14-15H,3-13H2,1-2H3,(H,18,22). The van der Waals surface area contributed by atoms with E-state index in [1.807, 2.05) is 11.8 Å². The Kier molecular flexibility index (Phi) is 7.30. The lowest BCUT2D eigenvalue weighted by Gasteiger charge is -2.33. The minimum Gasteiger partial charge on any atom is -0.375 e. The van der Waals surface area contributed by atoms with Gasteiger partial charge in [0.2, 0.25) is 11.8 Å². The molecule has 0 bridgehead atoms. The molecule has 2 saturated heterocycles. The second-order valence-corrected chi connectivity index (χ2v) is 6.77. The Balaban J connectivity index is 1.66. The Morgan fingerprint density at radius 3 is 2.39 bits per heavy atom. The SMILES string of the molecule is COCC(=O)N1CCC(CNC(=O)C(C)N2CCCCC2)CC1. The molecule has 1 unspecified atom stereocenters. The molecule has 0 aromatic rings. The average Bonchev–Trinajstić information content (AvgIpc) is 2.60. The van der Waals surface area contributed by atoms with Crippen LogP contribution in [0.15, 0.2) is 0 Å². The maximum Gasteiger partial charge on any atom is 0.248 e. The first-order chi connectivity index (χ1) is 11.1. The number of hydrogen-bond donors (Lipinski definition) is 1. The van der Waals surface area contributed by atoms with Crippen LogP contribution < -0.4 is 5.32 Å². The summed E-state index contributed by atoms with van der Waals surface area (Å²) in [6, 6.07) is -0.0290. The van der Waals surface area contributed by atoms with Crippen molar-refractivity contribution < 1.29 is 14.3 Å². The molecular formula is C17H31N3O3. The van der Waals surface area contributed by atoms with Gasteiger partial charge in [0.05, 0.1) is 6.04 Å². The van der Waals surface area contributed by atoms with Crippen LogP contribution in [0.2, 0.25) is 0 Å². The van der Waals surface area contributed by atoms with Crippen LogP contribution in [0.25, 0.3) is 0 Å².